The maximum Gasteiger partial charge on any atom is 0.240 e. The standard InChI is InChI=1S/C12H14ClN3O3S/c1-2-3-12-15-11(16-19-12)8-14-20(17,18)10-6-4-9(13)5-7-10/h4-7,14H,2-3,8H2,1H3. The van der Waals surface area contributed by atoms with E-state index in [0.29, 0.717) is 23.2 Å². The predicted molar refractivity (Wildman–Crippen MR) is 73.8 cm³/mol. The molecular weight excluding hydrogens is 302 g/mol. The van der Waals surface area contributed by atoms with E-state index in [1.165, 1.54) is 24.3 Å². The van der Waals surface area contributed by atoms with Crippen molar-refractivity contribution in [1.82, 2.24) is 14.9 Å². The number of sulfonamides is 1. The van der Waals surface area contributed by atoms with Gasteiger partial charge in [0.2, 0.25) is 15.9 Å². The quantitative estimate of drug-likeness (QED) is 0.883. The summed E-state index contributed by atoms with van der Waals surface area (Å²) in [5.41, 5.74) is 0. The lowest BCUT2D eigenvalue weighted by molar-refractivity contribution is 0.371. The molecule has 20 heavy (non-hydrogen) atoms. The predicted octanol–water partition coefficient (Wildman–Crippen LogP) is 2.15. The maximum absolute atomic E-state index is 12.0. The van der Waals surface area contributed by atoms with Gasteiger partial charge in [0.25, 0.3) is 0 Å². The highest BCUT2D eigenvalue weighted by atomic mass is 35.5. The van der Waals surface area contributed by atoms with Gasteiger partial charge in [-0.05, 0) is 30.7 Å². The second kappa shape index (κ2) is 6.34. The summed E-state index contributed by atoms with van der Waals surface area (Å²) in [6.07, 6.45) is 1.56. The Balaban J connectivity index is 2.03. The van der Waals surface area contributed by atoms with Crippen molar-refractivity contribution in [3.63, 3.8) is 0 Å². The number of rotatable bonds is 6. The van der Waals surface area contributed by atoms with Crippen molar-refractivity contribution >= 4 is 21.6 Å². The van der Waals surface area contributed by atoms with E-state index in [1.54, 1.807) is 0 Å². The molecule has 108 valence electrons. The van der Waals surface area contributed by atoms with Gasteiger partial charge in [0, 0.05) is 11.4 Å². The van der Waals surface area contributed by atoms with E-state index in [2.05, 4.69) is 14.9 Å². The fourth-order valence-electron chi connectivity index (χ4n) is 1.53. The van der Waals surface area contributed by atoms with Crippen molar-refractivity contribution in [3.8, 4) is 0 Å². The summed E-state index contributed by atoms with van der Waals surface area (Å²) >= 11 is 5.72. The first-order valence-corrected chi connectivity index (χ1v) is 7.94. The highest BCUT2D eigenvalue weighted by Gasteiger charge is 2.15. The summed E-state index contributed by atoms with van der Waals surface area (Å²) < 4.78 is 31.4. The first-order valence-electron chi connectivity index (χ1n) is 6.08. The Morgan fingerprint density at radius 1 is 1.30 bits per heavy atom. The van der Waals surface area contributed by atoms with Crippen LogP contribution in [0.3, 0.4) is 0 Å². The second-order valence-corrected chi connectivity index (χ2v) is 6.34. The molecule has 2 aromatic rings. The number of hydrogen-bond donors (Lipinski definition) is 1. The molecule has 0 saturated carbocycles. The number of aromatic nitrogens is 2. The van der Waals surface area contributed by atoms with Gasteiger partial charge < -0.3 is 4.52 Å². The van der Waals surface area contributed by atoms with Crippen LogP contribution >= 0.6 is 11.6 Å². The van der Waals surface area contributed by atoms with Gasteiger partial charge >= 0.3 is 0 Å². The smallest absolute Gasteiger partial charge is 0.240 e. The molecule has 0 fully saturated rings. The van der Waals surface area contributed by atoms with Gasteiger partial charge in [-0.2, -0.15) is 4.98 Å². The van der Waals surface area contributed by atoms with Crippen LogP contribution < -0.4 is 4.72 Å². The summed E-state index contributed by atoms with van der Waals surface area (Å²) in [5, 5.41) is 4.19. The van der Waals surface area contributed by atoms with E-state index < -0.39 is 10.0 Å². The van der Waals surface area contributed by atoms with Crippen LogP contribution in [0.5, 0.6) is 0 Å². The minimum atomic E-state index is -3.61. The van der Waals surface area contributed by atoms with Gasteiger partial charge in [-0.15, -0.1) is 0 Å². The van der Waals surface area contributed by atoms with Crippen molar-refractivity contribution in [1.29, 1.82) is 0 Å². The molecule has 0 atom stereocenters. The van der Waals surface area contributed by atoms with Crippen molar-refractivity contribution in [2.24, 2.45) is 0 Å². The van der Waals surface area contributed by atoms with E-state index in [0.717, 1.165) is 6.42 Å². The zero-order valence-electron chi connectivity index (χ0n) is 10.8. The molecule has 0 bridgehead atoms. The van der Waals surface area contributed by atoms with Crippen LogP contribution in [-0.2, 0) is 23.0 Å². The molecular formula is C12H14ClN3O3S. The molecule has 8 heteroatoms. The Morgan fingerprint density at radius 2 is 2.00 bits per heavy atom. The SMILES string of the molecule is CCCc1nc(CNS(=O)(=O)c2ccc(Cl)cc2)no1. The van der Waals surface area contributed by atoms with Gasteiger partial charge in [0.15, 0.2) is 5.82 Å². The van der Waals surface area contributed by atoms with Crippen LogP contribution in [0, 0.1) is 0 Å². The van der Waals surface area contributed by atoms with Crippen LogP contribution in [0.2, 0.25) is 5.02 Å². The fraction of sp³-hybridized carbons (Fsp3) is 0.333. The largest absolute Gasteiger partial charge is 0.339 e. The molecule has 0 saturated heterocycles. The average molecular weight is 316 g/mol. The first kappa shape index (κ1) is 15.0. The summed E-state index contributed by atoms with van der Waals surface area (Å²) in [6.45, 7) is 1.98. The number of benzene rings is 1. The number of hydrogen-bond acceptors (Lipinski definition) is 5. The lowest BCUT2D eigenvalue weighted by Crippen LogP contribution is -2.23. The monoisotopic (exact) mass is 315 g/mol. The molecule has 6 nitrogen and oxygen atoms in total. The van der Waals surface area contributed by atoms with Gasteiger partial charge in [-0.3, -0.25) is 0 Å². The van der Waals surface area contributed by atoms with Crippen LogP contribution in [-0.4, -0.2) is 18.6 Å². The Kier molecular flexibility index (Phi) is 4.74. The number of halogens is 1. The highest BCUT2D eigenvalue weighted by Crippen LogP contribution is 2.14. The third-order valence-electron chi connectivity index (χ3n) is 2.52. The second-order valence-electron chi connectivity index (χ2n) is 4.13. The molecule has 1 aromatic carbocycles. The number of nitrogens with one attached hydrogen (secondary N) is 1. The Bertz CT molecular complexity index is 668. The number of aryl methyl sites for hydroxylation is 1. The summed E-state index contributed by atoms with van der Waals surface area (Å²) in [5.74, 6) is 0.819. The molecule has 1 heterocycles. The molecule has 0 aliphatic rings. The number of nitrogens with zero attached hydrogens (tertiary/aromatic N) is 2. The van der Waals surface area contributed by atoms with Crippen LogP contribution in [0.4, 0.5) is 0 Å². The molecule has 0 radical (unpaired) electrons. The summed E-state index contributed by atoms with van der Waals surface area (Å²) in [4.78, 5) is 4.22. The van der Waals surface area contributed by atoms with E-state index in [-0.39, 0.29) is 11.4 Å². The van der Waals surface area contributed by atoms with Crippen LogP contribution in [0.1, 0.15) is 25.1 Å². The van der Waals surface area contributed by atoms with E-state index in [4.69, 9.17) is 16.1 Å². The Hall–Kier alpha value is -1.44. The molecule has 2 rings (SSSR count). The lowest BCUT2D eigenvalue weighted by atomic mass is 10.3. The maximum atomic E-state index is 12.0. The van der Waals surface area contributed by atoms with E-state index >= 15 is 0 Å². The minimum Gasteiger partial charge on any atom is -0.339 e. The molecule has 1 N–H and O–H groups in total. The Morgan fingerprint density at radius 3 is 2.65 bits per heavy atom. The summed E-state index contributed by atoms with van der Waals surface area (Å²) in [6, 6.07) is 5.90. The first-order chi connectivity index (χ1) is 9.51. The van der Waals surface area contributed by atoms with E-state index in [1.807, 2.05) is 6.92 Å². The van der Waals surface area contributed by atoms with Gasteiger partial charge in [-0.25, -0.2) is 13.1 Å². The molecule has 0 spiro atoms. The topological polar surface area (TPSA) is 85.1 Å². The van der Waals surface area contributed by atoms with E-state index in [9.17, 15) is 8.42 Å². The van der Waals surface area contributed by atoms with Crippen molar-refractivity contribution in [2.45, 2.75) is 31.2 Å². The molecule has 0 aliphatic carbocycles. The zero-order chi connectivity index (χ0) is 14.6. The van der Waals surface area contributed by atoms with Crippen molar-refractivity contribution in [3.05, 3.63) is 41.0 Å². The molecule has 0 amide bonds. The van der Waals surface area contributed by atoms with Crippen molar-refractivity contribution in [2.75, 3.05) is 0 Å². The zero-order valence-corrected chi connectivity index (χ0v) is 12.4. The third kappa shape index (κ3) is 3.78. The molecule has 0 unspecified atom stereocenters. The highest BCUT2D eigenvalue weighted by molar-refractivity contribution is 7.89. The van der Waals surface area contributed by atoms with Crippen LogP contribution in [0.25, 0.3) is 0 Å². The van der Waals surface area contributed by atoms with Crippen LogP contribution in [0.15, 0.2) is 33.7 Å². The van der Waals surface area contributed by atoms with Gasteiger partial charge in [0.1, 0.15) is 0 Å². The third-order valence-corrected chi connectivity index (χ3v) is 4.19. The van der Waals surface area contributed by atoms with Crippen molar-refractivity contribution < 1.29 is 12.9 Å². The summed E-state index contributed by atoms with van der Waals surface area (Å²) in [7, 11) is -3.61. The Labute approximate surface area is 122 Å². The lowest BCUT2D eigenvalue weighted by Gasteiger charge is -2.04. The fourth-order valence-corrected chi connectivity index (χ4v) is 2.64. The van der Waals surface area contributed by atoms with Gasteiger partial charge in [-0.1, -0.05) is 23.7 Å². The average Bonchev–Trinajstić information content (AvgIpc) is 2.85. The minimum absolute atomic E-state index is 0.0157. The molecule has 1 aromatic heterocycles. The van der Waals surface area contributed by atoms with Gasteiger partial charge in [0.05, 0.1) is 11.4 Å². The molecule has 0 aliphatic heterocycles. The normalized spacial score (nSPS) is 11.7.